The second-order valence-electron chi connectivity index (χ2n) is 3.83. The van der Waals surface area contributed by atoms with Crippen LogP contribution in [0, 0.1) is 5.92 Å². The van der Waals surface area contributed by atoms with E-state index in [9.17, 15) is 0 Å². The number of alkyl halides is 1. The minimum absolute atomic E-state index is 0.540. The lowest BCUT2D eigenvalue weighted by Gasteiger charge is -2.14. The van der Waals surface area contributed by atoms with Crippen molar-refractivity contribution < 1.29 is 4.74 Å². The van der Waals surface area contributed by atoms with Crippen molar-refractivity contribution in [2.24, 2.45) is 5.92 Å². The minimum atomic E-state index is 0.540. The average molecular weight is 336 g/mol. The van der Waals surface area contributed by atoms with Crippen LogP contribution in [0.3, 0.4) is 0 Å². The van der Waals surface area contributed by atoms with Crippen LogP contribution in [0.4, 0.5) is 0 Å². The third-order valence-electron chi connectivity index (χ3n) is 2.56. The molecule has 0 aromatic heterocycles. The summed E-state index contributed by atoms with van der Waals surface area (Å²) in [6, 6.07) is 6.26. The molecule has 1 aromatic rings. The lowest BCUT2D eigenvalue weighted by Crippen LogP contribution is -2.09. The van der Waals surface area contributed by atoms with Gasteiger partial charge in [-0.15, -0.1) is 0 Å². The molecule has 0 fully saturated rings. The van der Waals surface area contributed by atoms with Gasteiger partial charge in [-0.25, -0.2) is 0 Å². The Morgan fingerprint density at radius 2 is 2.00 bits per heavy atom. The second kappa shape index (κ2) is 5.90. The van der Waals surface area contributed by atoms with Gasteiger partial charge in [0.15, 0.2) is 0 Å². The van der Waals surface area contributed by atoms with E-state index in [0.717, 1.165) is 16.6 Å². The molecule has 0 spiro atoms. The fourth-order valence-electron chi connectivity index (χ4n) is 1.37. The van der Waals surface area contributed by atoms with Gasteiger partial charge in [-0.2, -0.15) is 0 Å². The molecule has 3 heteroatoms. The van der Waals surface area contributed by atoms with Crippen LogP contribution in [0.1, 0.15) is 19.4 Å². The maximum atomic E-state index is 5.20. The van der Waals surface area contributed by atoms with E-state index in [4.69, 9.17) is 4.74 Å². The molecule has 0 N–H and O–H groups in total. The van der Waals surface area contributed by atoms with Crippen molar-refractivity contribution >= 4 is 31.9 Å². The van der Waals surface area contributed by atoms with Gasteiger partial charge in [-0.05, 0) is 46.0 Å². The zero-order chi connectivity index (χ0) is 11.4. The Labute approximate surface area is 108 Å². The summed E-state index contributed by atoms with van der Waals surface area (Å²) in [7, 11) is 1.68. The predicted molar refractivity (Wildman–Crippen MR) is 72.0 cm³/mol. The van der Waals surface area contributed by atoms with Crippen molar-refractivity contribution in [2.75, 3.05) is 7.11 Å². The normalized spacial score (nSPS) is 14.7. The number of methoxy groups -OCH3 is 1. The van der Waals surface area contributed by atoms with Crippen LogP contribution in [-0.4, -0.2) is 11.9 Å². The second-order valence-corrected chi connectivity index (χ2v) is 6.13. The third-order valence-corrected chi connectivity index (χ3v) is 4.08. The number of halogens is 2. The van der Waals surface area contributed by atoms with Gasteiger partial charge in [0.25, 0.3) is 0 Å². The molecule has 0 aliphatic carbocycles. The molecular weight excluding hydrogens is 320 g/mol. The first-order chi connectivity index (χ1) is 7.04. The summed E-state index contributed by atoms with van der Waals surface area (Å²) < 4.78 is 6.22. The van der Waals surface area contributed by atoms with Crippen molar-refractivity contribution in [3.05, 3.63) is 28.2 Å². The Hall–Kier alpha value is -0.0200. The highest BCUT2D eigenvalue weighted by atomic mass is 79.9. The van der Waals surface area contributed by atoms with Gasteiger partial charge in [0.05, 0.1) is 11.6 Å². The van der Waals surface area contributed by atoms with Crippen LogP contribution in [0.5, 0.6) is 5.75 Å². The van der Waals surface area contributed by atoms with E-state index in [-0.39, 0.29) is 0 Å². The highest BCUT2D eigenvalue weighted by Crippen LogP contribution is 2.27. The molecule has 1 nitrogen and oxygen atoms in total. The highest BCUT2D eigenvalue weighted by Gasteiger charge is 2.10. The van der Waals surface area contributed by atoms with Gasteiger partial charge < -0.3 is 4.74 Å². The smallest absolute Gasteiger partial charge is 0.133 e. The van der Waals surface area contributed by atoms with Crippen molar-refractivity contribution in [1.82, 2.24) is 0 Å². The molecular formula is C12H16Br2O. The first kappa shape index (κ1) is 13.0. The SMILES string of the molecule is COc1ccc(CC(C)C(C)Br)cc1Br. The summed E-state index contributed by atoms with van der Waals surface area (Å²) in [6.07, 6.45) is 1.08. The van der Waals surface area contributed by atoms with Crippen molar-refractivity contribution in [3.63, 3.8) is 0 Å². The first-order valence-corrected chi connectivity index (χ1v) is 6.72. The maximum absolute atomic E-state index is 5.20. The Bertz CT molecular complexity index is 323. The van der Waals surface area contributed by atoms with Crippen LogP contribution in [0.2, 0.25) is 0 Å². The van der Waals surface area contributed by atoms with Gasteiger partial charge in [0.2, 0.25) is 0 Å². The zero-order valence-electron chi connectivity index (χ0n) is 9.26. The number of hydrogen-bond donors (Lipinski definition) is 0. The molecule has 1 rings (SSSR count). The van der Waals surface area contributed by atoms with Crippen LogP contribution in [0.15, 0.2) is 22.7 Å². The molecule has 0 heterocycles. The molecule has 0 saturated carbocycles. The van der Waals surface area contributed by atoms with E-state index in [0.29, 0.717) is 10.7 Å². The molecule has 1 aromatic carbocycles. The molecule has 0 radical (unpaired) electrons. The summed E-state index contributed by atoms with van der Waals surface area (Å²) in [5.41, 5.74) is 1.33. The monoisotopic (exact) mass is 334 g/mol. The number of benzene rings is 1. The third kappa shape index (κ3) is 3.80. The quantitative estimate of drug-likeness (QED) is 0.740. The van der Waals surface area contributed by atoms with E-state index in [1.54, 1.807) is 7.11 Å². The lowest BCUT2D eigenvalue weighted by molar-refractivity contribution is 0.412. The highest BCUT2D eigenvalue weighted by molar-refractivity contribution is 9.10. The van der Waals surface area contributed by atoms with E-state index in [2.05, 4.69) is 57.8 Å². The van der Waals surface area contributed by atoms with Crippen LogP contribution >= 0.6 is 31.9 Å². The number of ether oxygens (including phenoxy) is 1. The maximum Gasteiger partial charge on any atom is 0.133 e. The van der Waals surface area contributed by atoms with Gasteiger partial charge in [0, 0.05) is 4.83 Å². The average Bonchev–Trinajstić information content (AvgIpc) is 2.18. The van der Waals surface area contributed by atoms with Gasteiger partial charge in [0.1, 0.15) is 5.75 Å². The molecule has 2 atom stereocenters. The Kier molecular flexibility index (Phi) is 5.13. The van der Waals surface area contributed by atoms with Gasteiger partial charge in [-0.1, -0.05) is 35.8 Å². The largest absolute Gasteiger partial charge is 0.496 e. The number of rotatable bonds is 4. The Morgan fingerprint density at radius 1 is 1.33 bits per heavy atom. The molecule has 0 saturated heterocycles. The van der Waals surface area contributed by atoms with E-state index in [1.165, 1.54) is 5.56 Å². The molecule has 0 amide bonds. The van der Waals surface area contributed by atoms with Crippen LogP contribution in [-0.2, 0) is 6.42 Å². The summed E-state index contributed by atoms with van der Waals surface area (Å²) >= 11 is 7.11. The molecule has 15 heavy (non-hydrogen) atoms. The van der Waals surface area contributed by atoms with Crippen molar-refractivity contribution in [3.8, 4) is 5.75 Å². The van der Waals surface area contributed by atoms with E-state index >= 15 is 0 Å². The molecule has 0 aliphatic rings. The van der Waals surface area contributed by atoms with E-state index < -0.39 is 0 Å². The Morgan fingerprint density at radius 3 is 2.47 bits per heavy atom. The lowest BCUT2D eigenvalue weighted by atomic mass is 9.99. The van der Waals surface area contributed by atoms with Crippen LogP contribution < -0.4 is 4.74 Å². The minimum Gasteiger partial charge on any atom is -0.496 e. The fraction of sp³-hybridized carbons (Fsp3) is 0.500. The molecule has 0 aliphatic heterocycles. The van der Waals surface area contributed by atoms with Crippen molar-refractivity contribution in [1.29, 1.82) is 0 Å². The molecule has 0 bridgehead atoms. The predicted octanol–water partition coefficient (Wildman–Crippen LogP) is 4.42. The molecule has 84 valence electrons. The van der Waals surface area contributed by atoms with Crippen LogP contribution in [0.25, 0.3) is 0 Å². The van der Waals surface area contributed by atoms with E-state index in [1.807, 2.05) is 6.07 Å². The van der Waals surface area contributed by atoms with Gasteiger partial charge in [-0.3, -0.25) is 0 Å². The van der Waals surface area contributed by atoms with Gasteiger partial charge >= 0.3 is 0 Å². The Balaban J connectivity index is 2.75. The summed E-state index contributed by atoms with van der Waals surface area (Å²) in [5.74, 6) is 1.52. The summed E-state index contributed by atoms with van der Waals surface area (Å²) in [6.45, 7) is 4.43. The molecule has 2 unspecified atom stereocenters. The first-order valence-electron chi connectivity index (χ1n) is 5.01. The standard InChI is InChI=1S/C12H16Br2O/c1-8(9(2)13)6-10-4-5-12(15-3)11(14)7-10/h4-5,7-9H,6H2,1-3H3. The summed E-state index contributed by atoms with van der Waals surface area (Å²) in [5, 5.41) is 0. The zero-order valence-corrected chi connectivity index (χ0v) is 12.4. The van der Waals surface area contributed by atoms with Crippen molar-refractivity contribution in [2.45, 2.75) is 25.1 Å². The fourth-order valence-corrected chi connectivity index (χ4v) is 2.15. The number of hydrogen-bond acceptors (Lipinski definition) is 1. The topological polar surface area (TPSA) is 9.23 Å². The summed E-state index contributed by atoms with van der Waals surface area (Å²) in [4.78, 5) is 0.540.